The minimum atomic E-state index is -0.837. The Hall–Kier alpha value is -4.45. The van der Waals surface area contributed by atoms with Crippen molar-refractivity contribution in [1.29, 1.82) is 0 Å². The molecule has 0 aliphatic carbocycles. The number of hydrogen-bond acceptors (Lipinski definition) is 6. The van der Waals surface area contributed by atoms with Crippen LogP contribution in [0.3, 0.4) is 0 Å². The third-order valence-electron chi connectivity index (χ3n) is 10.4. The van der Waals surface area contributed by atoms with E-state index in [2.05, 4.69) is 154 Å². The Balaban J connectivity index is 4.61. The van der Waals surface area contributed by atoms with Crippen LogP contribution < -0.4 is 0 Å². The van der Waals surface area contributed by atoms with Gasteiger partial charge in [0.2, 0.25) is 0 Å². The zero-order valence-corrected chi connectivity index (χ0v) is 42.1. The van der Waals surface area contributed by atoms with Crippen LogP contribution in [-0.2, 0) is 28.6 Å². The molecule has 6 heteroatoms. The predicted octanol–water partition coefficient (Wildman–Crippen LogP) is 17.5. The zero-order chi connectivity index (χ0) is 47.9. The molecule has 0 aromatic carbocycles. The lowest BCUT2D eigenvalue weighted by atomic mass is 10.1. The van der Waals surface area contributed by atoms with Crippen molar-refractivity contribution in [3.05, 3.63) is 134 Å². The van der Waals surface area contributed by atoms with E-state index in [0.717, 1.165) is 103 Å². The van der Waals surface area contributed by atoms with Gasteiger partial charge in [0.25, 0.3) is 0 Å². The Kier molecular flexibility index (Phi) is 49.6. The summed E-state index contributed by atoms with van der Waals surface area (Å²) in [6.45, 7) is 6.27. The minimum absolute atomic E-state index is 0.127. The molecule has 0 rings (SSSR count). The van der Waals surface area contributed by atoms with Crippen LogP contribution >= 0.6 is 0 Å². The number of unbranched alkanes of at least 4 members (excludes halogenated alkanes) is 12. The summed E-state index contributed by atoms with van der Waals surface area (Å²) in [5.41, 5.74) is 0. The van der Waals surface area contributed by atoms with Crippen LogP contribution in [0.1, 0.15) is 207 Å². The van der Waals surface area contributed by atoms with Crippen LogP contribution in [0.15, 0.2) is 134 Å². The first-order valence-electron chi connectivity index (χ1n) is 26.2. The maximum Gasteiger partial charge on any atom is 0.306 e. The van der Waals surface area contributed by atoms with Gasteiger partial charge in [-0.1, -0.05) is 199 Å². The van der Waals surface area contributed by atoms with Crippen LogP contribution in [0, 0.1) is 0 Å². The second-order valence-electron chi connectivity index (χ2n) is 16.7. The van der Waals surface area contributed by atoms with E-state index in [-0.39, 0.29) is 44.0 Å². The van der Waals surface area contributed by atoms with Crippen molar-refractivity contribution in [1.82, 2.24) is 0 Å². The summed E-state index contributed by atoms with van der Waals surface area (Å²) in [5, 5.41) is 0. The minimum Gasteiger partial charge on any atom is -0.462 e. The summed E-state index contributed by atoms with van der Waals surface area (Å²) in [6.07, 6.45) is 74.4. The van der Waals surface area contributed by atoms with E-state index >= 15 is 0 Å². The summed E-state index contributed by atoms with van der Waals surface area (Å²) in [7, 11) is 0. The molecule has 66 heavy (non-hydrogen) atoms. The van der Waals surface area contributed by atoms with Crippen molar-refractivity contribution in [2.75, 3.05) is 13.2 Å². The fraction of sp³-hybridized carbons (Fsp3) is 0.583. The number of ether oxygens (including phenoxy) is 3. The maximum atomic E-state index is 12.8. The van der Waals surface area contributed by atoms with Gasteiger partial charge in [-0.05, 0) is 122 Å². The zero-order valence-electron chi connectivity index (χ0n) is 42.1. The number of allylic oxidation sites excluding steroid dienone is 22. The maximum absolute atomic E-state index is 12.8. The van der Waals surface area contributed by atoms with Crippen molar-refractivity contribution >= 4 is 17.9 Å². The predicted molar refractivity (Wildman–Crippen MR) is 283 cm³/mol. The van der Waals surface area contributed by atoms with Gasteiger partial charge in [0.1, 0.15) is 13.2 Å². The van der Waals surface area contributed by atoms with Gasteiger partial charge in [0, 0.05) is 19.3 Å². The molecule has 0 aliphatic heterocycles. The Bertz CT molecular complexity index is 1460. The van der Waals surface area contributed by atoms with Gasteiger partial charge >= 0.3 is 17.9 Å². The molecule has 0 saturated carbocycles. The monoisotopic (exact) mass is 911 g/mol. The lowest BCUT2D eigenvalue weighted by molar-refractivity contribution is -0.167. The smallest absolute Gasteiger partial charge is 0.306 e. The molecule has 0 radical (unpaired) electrons. The molecule has 0 aromatic rings. The Labute approximate surface area is 405 Å². The fourth-order valence-corrected chi connectivity index (χ4v) is 6.51. The number of hydrogen-bond donors (Lipinski definition) is 0. The summed E-state index contributed by atoms with van der Waals surface area (Å²) in [6, 6.07) is 0. The largest absolute Gasteiger partial charge is 0.462 e. The molecule has 0 N–H and O–H groups in total. The number of carbonyl (C=O) groups is 3. The molecular weight excluding hydrogens is 817 g/mol. The molecule has 0 fully saturated rings. The van der Waals surface area contributed by atoms with E-state index in [4.69, 9.17) is 14.2 Å². The summed E-state index contributed by atoms with van der Waals surface area (Å²) < 4.78 is 16.7. The first-order chi connectivity index (χ1) is 32.5. The van der Waals surface area contributed by atoms with Crippen LogP contribution in [-0.4, -0.2) is 37.2 Å². The number of carbonyl (C=O) groups excluding carboxylic acids is 3. The lowest BCUT2D eigenvalue weighted by Crippen LogP contribution is -2.30. The average Bonchev–Trinajstić information content (AvgIpc) is 3.31. The van der Waals surface area contributed by atoms with E-state index in [1.54, 1.807) is 0 Å². The topological polar surface area (TPSA) is 78.9 Å². The van der Waals surface area contributed by atoms with Gasteiger partial charge < -0.3 is 14.2 Å². The Morgan fingerprint density at radius 1 is 0.318 bits per heavy atom. The highest BCUT2D eigenvalue weighted by atomic mass is 16.6. The molecule has 1 unspecified atom stereocenters. The van der Waals surface area contributed by atoms with Crippen molar-refractivity contribution in [2.24, 2.45) is 0 Å². The van der Waals surface area contributed by atoms with Gasteiger partial charge in [-0.15, -0.1) is 0 Å². The quantitative estimate of drug-likeness (QED) is 0.0262. The fourth-order valence-electron chi connectivity index (χ4n) is 6.51. The van der Waals surface area contributed by atoms with Crippen LogP contribution in [0.5, 0.6) is 0 Å². The molecule has 1 atom stereocenters. The molecular formula is C60H94O6. The SMILES string of the molecule is CC/C=C\C/C=C\C/C=C\C/C=C\C/C=C\CCCC(=O)OCC(COC(=O)CCCCCCCCC/C=C\C/C=C\CC)OC(=O)CCC/C=C\C/C=C\C/C=C\C/C=C\CCCCC. The molecule has 0 bridgehead atoms. The van der Waals surface area contributed by atoms with Crippen LogP contribution in [0.4, 0.5) is 0 Å². The first-order valence-corrected chi connectivity index (χ1v) is 26.2. The second-order valence-corrected chi connectivity index (χ2v) is 16.7. The molecule has 370 valence electrons. The van der Waals surface area contributed by atoms with Crippen molar-refractivity contribution in [3.8, 4) is 0 Å². The van der Waals surface area contributed by atoms with Crippen molar-refractivity contribution in [2.45, 2.75) is 213 Å². The van der Waals surface area contributed by atoms with Gasteiger partial charge in [-0.2, -0.15) is 0 Å². The number of rotatable bonds is 45. The summed E-state index contributed by atoms with van der Waals surface area (Å²) in [5.74, 6) is -1.06. The lowest BCUT2D eigenvalue weighted by Gasteiger charge is -2.18. The van der Waals surface area contributed by atoms with Crippen LogP contribution in [0.2, 0.25) is 0 Å². The van der Waals surface area contributed by atoms with E-state index < -0.39 is 6.10 Å². The normalized spacial score (nSPS) is 13.2. The molecule has 0 aromatic heterocycles. The third kappa shape index (κ3) is 50.5. The Morgan fingerprint density at radius 2 is 0.606 bits per heavy atom. The summed E-state index contributed by atoms with van der Waals surface area (Å²) in [4.78, 5) is 38.0. The molecule has 0 aliphatic rings. The average molecular weight is 911 g/mol. The second kappa shape index (κ2) is 53.2. The highest BCUT2D eigenvalue weighted by Gasteiger charge is 2.19. The van der Waals surface area contributed by atoms with Crippen molar-refractivity contribution in [3.63, 3.8) is 0 Å². The van der Waals surface area contributed by atoms with Gasteiger partial charge in [-0.3, -0.25) is 14.4 Å². The standard InChI is InChI=1S/C60H94O6/c1-4-7-10-13-16-19-22-25-28-30-32-35-38-41-44-47-50-53-59(62)65-56-57(55-64-58(61)52-49-46-43-40-37-34-27-24-21-18-15-12-9-6-3)66-60(63)54-51-48-45-42-39-36-33-31-29-26-23-20-17-14-11-8-5-2/h7,9-10,12,16-21,25-26,28-29,32-33,35-36,41-42,44-45,57H,4-6,8,11,13-15,22-24,27,30-31,34,37-40,43,46-56H2,1-3H3/b10-7-,12-9-,19-16-,20-17-,21-18-,28-25-,29-26-,35-32-,36-33-,44-41-,45-42-. The molecule has 0 spiro atoms. The van der Waals surface area contributed by atoms with E-state index in [9.17, 15) is 14.4 Å². The Morgan fingerprint density at radius 3 is 0.985 bits per heavy atom. The summed E-state index contributed by atoms with van der Waals surface area (Å²) >= 11 is 0. The van der Waals surface area contributed by atoms with Crippen LogP contribution in [0.25, 0.3) is 0 Å². The molecule has 6 nitrogen and oxygen atoms in total. The molecule has 0 heterocycles. The van der Waals surface area contributed by atoms with Gasteiger partial charge in [0.05, 0.1) is 0 Å². The van der Waals surface area contributed by atoms with Gasteiger partial charge in [-0.25, -0.2) is 0 Å². The first kappa shape index (κ1) is 61.5. The van der Waals surface area contributed by atoms with E-state index in [0.29, 0.717) is 19.3 Å². The van der Waals surface area contributed by atoms with Gasteiger partial charge in [0.15, 0.2) is 6.10 Å². The molecule has 0 amide bonds. The molecule has 0 saturated heterocycles. The third-order valence-corrected chi connectivity index (χ3v) is 10.4. The highest BCUT2D eigenvalue weighted by Crippen LogP contribution is 2.12. The van der Waals surface area contributed by atoms with E-state index in [1.165, 1.54) is 51.4 Å². The highest BCUT2D eigenvalue weighted by molar-refractivity contribution is 5.71. The van der Waals surface area contributed by atoms with E-state index in [1.807, 2.05) is 0 Å². The number of esters is 3. The van der Waals surface area contributed by atoms with Crippen molar-refractivity contribution < 1.29 is 28.6 Å².